The second-order valence-electron chi connectivity index (χ2n) is 5.81. The number of carbonyl (C=O) groups is 2. The third kappa shape index (κ3) is 5.19. The molecule has 1 saturated heterocycles. The summed E-state index contributed by atoms with van der Waals surface area (Å²) in [6.45, 7) is 5.94. The first-order valence-corrected chi connectivity index (χ1v) is 7.13. The lowest BCUT2D eigenvalue weighted by atomic mass is 9.85. The largest absolute Gasteiger partial charge is 0.347 e. The summed E-state index contributed by atoms with van der Waals surface area (Å²) in [4.78, 5) is 25.1. The first kappa shape index (κ1) is 16.0. The maximum atomic E-state index is 11.9. The molecule has 19 heavy (non-hydrogen) atoms. The molecule has 0 aliphatic carbocycles. The van der Waals surface area contributed by atoms with Gasteiger partial charge in [0.2, 0.25) is 11.8 Å². The molecule has 0 spiro atoms. The van der Waals surface area contributed by atoms with Crippen LogP contribution in [-0.4, -0.2) is 49.9 Å². The molecule has 1 aliphatic rings. The molecule has 0 saturated carbocycles. The Morgan fingerprint density at radius 2 is 2.05 bits per heavy atom. The number of amides is 2. The van der Waals surface area contributed by atoms with E-state index in [1.54, 1.807) is 21.0 Å². The zero-order valence-electron chi connectivity index (χ0n) is 12.5. The lowest BCUT2D eigenvalue weighted by Gasteiger charge is -2.28. The number of hydrogen-bond donors (Lipinski definition) is 2. The topological polar surface area (TPSA) is 61.4 Å². The van der Waals surface area contributed by atoms with Crippen molar-refractivity contribution in [3.63, 3.8) is 0 Å². The molecule has 1 rings (SSSR count). The van der Waals surface area contributed by atoms with Gasteiger partial charge in [-0.05, 0) is 44.7 Å². The first-order valence-electron chi connectivity index (χ1n) is 7.13. The zero-order chi connectivity index (χ0) is 14.4. The van der Waals surface area contributed by atoms with E-state index >= 15 is 0 Å². The van der Waals surface area contributed by atoms with Gasteiger partial charge in [0, 0.05) is 20.5 Å². The monoisotopic (exact) mass is 269 g/mol. The number of nitrogens with zero attached hydrogens (tertiary/aromatic N) is 1. The molecule has 0 aromatic heterocycles. The third-order valence-electron chi connectivity index (χ3n) is 3.84. The van der Waals surface area contributed by atoms with E-state index in [-0.39, 0.29) is 11.8 Å². The molecule has 0 radical (unpaired) electrons. The van der Waals surface area contributed by atoms with Crippen LogP contribution in [0.5, 0.6) is 0 Å². The van der Waals surface area contributed by atoms with Gasteiger partial charge in [0.1, 0.15) is 6.04 Å². The van der Waals surface area contributed by atoms with Crippen LogP contribution in [-0.2, 0) is 9.59 Å². The second-order valence-corrected chi connectivity index (χ2v) is 5.81. The van der Waals surface area contributed by atoms with Gasteiger partial charge in [0.25, 0.3) is 0 Å². The van der Waals surface area contributed by atoms with Gasteiger partial charge in [-0.3, -0.25) is 9.59 Å². The fraction of sp³-hybridized carbons (Fsp3) is 0.857. The Kier molecular flexibility index (Phi) is 6.28. The van der Waals surface area contributed by atoms with Gasteiger partial charge in [-0.15, -0.1) is 0 Å². The molecule has 0 bridgehead atoms. The molecule has 5 heteroatoms. The maximum Gasteiger partial charge on any atom is 0.244 e. The van der Waals surface area contributed by atoms with Gasteiger partial charge < -0.3 is 15.5 Å². The van der Waals surface area contributed by atoms with Gasteiger partial charge in [0.15, 0.2) is 0 Å². The van der Waals surface area contributed by atoms with Gasteiger partial charge in [-0.2, -0.15) is 0 Å². The summed E-state index contributed by atoms with van der Waals surface area (Å²) in [5, 5.41) is 6.15. The number of rotatable bonds is 5. The summed E-state index contributed by atoms with van der Waals surface area (Å²) in [5.74, 6) is 0.829. The van der Waals surface area contributed by atoms with Crippen LogP contribution < -0.4 is 10.6 Å². The van der Waals surface area contributed by atoms with E-state index in [1.165, 1.54) is 17.7 Å². The van der Waals surface area contributed by atoms with Gasteiger partial charge in [-0.25, -0.2) is 0 Å². The molecular formula is C14H27N3O2. The highest BCUT2D eigenvalue weighted by Crippen LogP contribution is 2.22. The Hall–Kier alpha value is -1.10. The van der Waals surface area contributed by atoms with Crippen LogP contribution >= 0.6 is 0 Å². The van der Waals surface area contributed by atoms with Crippen molar-refractivity contribution >= 4 is 11.8 Å². The Balaban J connectivity index is 2.35. The molecular weight excluding hydrogens is 242 g/mol. The van der Waals surface area contributed by atoms with Crippen LogP contribution in [0.25, 0.3) is 0 Å². The van der Waals surface area contributed by atoms with Crippen molar-refractivity contribution < 1.29 is 9.59 Å². The van der Waals surface area contributed by atoms with Crippen LogP contribution in [0.3, 0.4) is 0 Å². The normalized spacial score (nSPS) is 22.4. The first-order chi connectivity index (χ1) is 8.91. The lowest BCUT2D eigenvalue weighted by molar-refractivity contribution is -0.134. The third-order valence-corrected chi connectivity index (χ3v) is 3.84. The summed E-state index contributed by atoms with van der Waals surface area (Å²) in [6.07, 6.45) is 2.87. The quantitative estimate of drug-likeness (QED) is 0.768. The van der Waals surface area contributed by atoms with Crippen molar-refractivity contribution in [1.82, 2.24) is 15.5 Å². The predicted octanol–water partition coefficient (Wildman–Crippen LogP) is 0.605. The Morgan fingerprint density at radius 3 is 2.58 bits per heavy atom. The van der Waals surface area contributed by atoms with Crippen molar-refractivity contribution in [3.8, 4) is 0 Å². The summed E-state index contributed by atoms with van der Waals surface area (Å²) in [5.41, 5.74) is 0. The summed E-state index contributed by atoms with van der Waals surface area (Å²) in [7, 11) is 3.39. The summed E-state index contributed by atoms with van der Waals surface area (Å²) < 4.78 is 0. The smallest absolute Gasteiger partial charge is 0.244 e. The molecule has 1 heterocycles. The minimum atomic E-state index is -0.445. The molecule has 1 fully saturated rings. The number of piperidine rings is 1. The van der Waals surface area contributed by atoms with E-state index < -0.39 is 6.04 Å². The van der Waals surface area contributed by atoms with E-state index in [2.05, 4.69) is 17.6 Å². The summed E-state index contributed by atoms with van der Waals surface area (Å²) in [6, 6.07) is -0.445. The van der Waals surface area contributed by atoms with Crippen LogP contribution in [0.1, 0.15) is 33.1 Å². The number of carbonyl (C=O) groups excluding carboxylic acids is 2. The van der Waals surface area contributed by atoms with Crippen molar-refractivity contribution in [2.24, 2.45) is 11.8 Å². The standard InChI is InChI=1S/C14H27N3O2/c1-10(12-6-5-7-15-9-12)8-13(18)16-11(2)14(19)17(3)4/h10-12,15H,5-9H2,1-4H3,(H,16,18). The van der Waals surface area contributed by atoms with Crippen molar-refractivity contribution in [2.75, 3.05) is 27.2 Å². The molecule has 3 atom stereocenters. The van der Waals surface area contributed by atoms with Crippen LogP contribution in [0.15, 0.2) is 0 Å². The fourth-order valence-corrected chi connectivity index (χ4v) is 2.57. The van der Waals surface area contributed by atoms with E-state index in [0.29, 0.717) is 18.3 Å². The van der Waals surface area contributed by atoms with Gasteiger partial charge >= 0.3 is 0 Å². The highest BCUT2D eigenvalue weighted by atomic mass is 16.2. The highest BCUT2D eigenvalue weighted by Gasteiger charge is 2.23. The Morgan fingerprint density at radius 1 is 1.37 bits per heavy atom. The van der Waals surface area contributed by atoms with Gasteiger partial charge in [0.05, 0.1) is 0 Å². The summed E-state index contributed by atoms with van der Waals surface area (Å²) >= 11 is 0. The van der Waals surface area contributed by atoms with Crippen LogP contribution in [0, 0.1) is 11.8 Å². The average Bonchev–Trinajstić information content (AvgIpc) is 2.38. The van der Waals surface area contributed by atoms with Crippen LogP contribution in [0.4, 0.5) is 0 Å². The molecule has 5 nitrogen and oxygen atoms in total. The van der Waals surface area contributed by atoms with Crippen molar-refractivity contribution in [3.05, 3.63) is 0 Å². The van der Waals surface area contributed by atoms with E-state index in [0.717, 1.165) is 13.1 Å². The van der Waals surface area contributed by atoms with Crippen LogP contribution in [0.2, 0.25) is 0 Å². The zero-order valence-corrected chi connectivity index (χ0v) is 12.5. The molecule has 2 amide bonds. The number of likely N-dealkylation sites (N-methyl/N-ethyl adjacent to an activating group) is 1. The lowest BCUT2D eigenvalue weighted by Crippen LogP contribution is -2.45. The molecule has 1 aliphatic heterocycles. The van der Waals surface area contributed by atoms with E-state index in [9.17, 15) is 9.59 Å². The highest BCUT2D eigenvalue weighted by molar-refractivity contribution is 5.87. The van der Waals surface area contributed by atoms with E-state index in [1.807, 2.05) is 0 Å². The Labute approximate surface area is 116 Å². The maximum absolute atomic E-state index is 11.9. The van der Waals surface area contributed by atoms with Crippen molar-refractivity contribution in [2.45, 2.75) is 39.2 Å². The second kappa shape index (κ2) is 7.48. The molecule has 3 unspecified atom stereocenters. The van der Waals surface area contributed by atoms with Gasteiger partial charge in [-0.1, -0.05) is 6.92 Å². The van der Waals surface area contributed by atoms with E-state index in [4.69, 9.17) is 0 Å². The molecule has 110 valence electrons. The molecule has 0 aromatic rings. The minimum absolute atomic E-state index is 0.0271. The predicted molar refractivity (Wildman–Crippen MR) is 75.7 cm³/mol. The SMILES string of the molecule is CC(NC(=O)CC(C)C1CCCNC1)C(=O)N(C)C. The fourth-order valence-electron chi connectivity index (χ4n) is 2.57. The minimum Gasteiger partial charge on any atom is -0.347 e. The number of nitrogens with one attached hydrogen (secondary N) is 2. The molecule has 2 N–H and O–H groups in total. The van der Waals surface area contributed by atoms with Crippen molar-refractivity contribution in [1.29, 1.82) is 0 Å². The Bertz CT molecular complexity index is 312. The molecule has 0 aromatic carbocycles. The number of hydrogen-bond acceptors (Lipinski definition) is 3. The average molecular weight is 269 g/mol.